The van der Waals surface area contributed by atoms with Crippen molar-refractivity contribution in [3.05, 3.63) is 28.8 Å². The Kier molecular flexibility index (Phi) is 2.94. The first-order valence-electron chi connectivity index (χ1n) is 4.95. The minimum Gasteiger partial charge on any atom is -0.508 e. The standard InChI is InChI=1S/C11H14ClNO/c12-10-3-4-11(14)9(7-10)8-13-5-1-2-6-13/h3-4,7,14H,1-2,5-6,8H2. The molecule has 14 heavy (non-hydrogen) atoms. The molecule has 2 rings (SSSR count). The Labute approximate surface area is 89.1 Å². The average molecular weight is 212 g/mol. The molecule has 0 aromatic heterocycles. The molecule has 1 aliphatic heterocycles. The van der Waals surface area contributed by atoms with E-state index in [9.17, 15) is 5.11 Å². The van der Waals surface area contributed by atoms with Gasteiger partial charge in [-0.2, -0.15) is 0 Å². The molecule has 0 saturated carbocycles. The first-order valence-corrected chi connectivity index (χ1v) is 5.33. The summed E-state index contributed by atoms with van der Waals surface area (Å²) in [6, 6.07) is 5.22. The van der Waals surface area contributed by atoms with Gasteiger partial charge >= 0.3 is 0 Å². The molecule has 1 aliphatic rings. The Morgan fingerprint density at radius 1 is 1.29 bits per heavy atom. The van der Waals surface area contributed by atoms with Gasteiger partial charge in [0.15, 0.2) is 0 Å². The summed E-state index contributed by atoms with van der Waals surface area (Å²) in [4.78, 5) is 2.34. The van der Waals surface area contributed by atoms with E-state index in [1.54, 1.807) is 12.1 Å². The lowest BCUT2D eigenvalue weighted by Crippen LogP contribution is -2.18. The number of hydrogen-bond donors (Lipinski definition) is 1. The second-order valence-corrected chi connectivity index (χ2v) is 4.19. The number of aromatic hydroxyl groups is 1. The molecule has 0 spiro atoms. The summed E-state index contributed by atoms with van der Waals surface area (Å²) in [6.45, 7) is 3.07. The Hall–Kier alpha value is -0.730. The third-order valence-electron chi connectivity index (χ3n) is 2.63. The molecule has 1 N–H and O–H groups in total. The van der Waals surface area contributed by atoms with Gasteiger partial charge in [0.2, 0.25) is 0 Å². The zero-order valence-corrected chi connectivity index (χ0v) is 8.80. The maximum atomic E-state index is 9.61. The third-order valence-corrected chi connectivity index (χ3v) is 2.87. The molecule has 1 aromatic carbocycles. The average Bonchev–Trinajstić information content (AvgIpc) is 2.64. The van der Waals surface area contributed by atoms with Crippen molar-refractivity contribution in [2.75, 3.05) is 13.1 Å². The van der Waals surface area contributed by atoms with Crippen molar-refractivity contribution in [2.24, 2.45) is 0 Å². The van der Waals surface area contributed by atoms with E-state index in [1.807, 2.05) is 6.07 Å². The van der Waals surface area contributed by atoms with E-state index >= 15 is 0 Å². The van der Waals surface area contributed by atoms with E-state index < -0.39 is 0 Å². The summed E-state index contributed by atoms with van der Waals surface area (Å²) in [5.41, 5.74) is 0.930. The van der Waals surface area contributed by atoms with Crippen LogP contribution in [0.25, 0.3) is 0 Å². The number of nitrogens with zero attached hydrogens (tertiary/aromatic N) is 1. The topological polar surface area (TPSA) is 23.5 Å². The lowest BCUT2D eigenvalue weighted by Gasteiger charge is -2.15. The van der Waals surface area contributed by atoms with Crippen LogP contribution in [0.3, 0.4) is 0 Å². The fourth-order valence-corrected chi connectivity index (χ4v) is 2.06. The summed E-state index contributed by atoms with van der Waals surface area (Å²) in [6.07, 6.45) is 2.53. The van der Waals surface area contributed by atoms with Crippen LogP contribution in [0.2, 0.25) is 5.02 Å². The summed E-state index contributed by atoms with van der Waals surface area (Å²) in [5, 5.41) is 10.3. The number of halogens is 1. The largest absolute Gasteiger partial charge is 0.508 e. The Balaban J connectivity index is 2.10. The zero-order chi connectivity index (χ0) is 9.97. The quantitative estimate of drug-likeness (QED) is 0.813. The van der Waals surface area contributed by atoms with Crippen LogP contribution in [0.15, 0.2) is 18.2 Å². The van der Waals surface area contributed by atoms with Gasteiger partial charge in [-0.1, -0.05) is 11.6 Å². The van der Waals surface area contributed by atoms with E-state index in [2.05, 4.69) is 4.90 Å². The van der Waals surface area contributed by atoms with Crippen molar-refractivity contribution < 1.29 is 5.11 Å². The highest BCUT2D eigenvalue weighted by Crippen LogP contribution is 2.24. The molecule has 1 heterocycles. The molecule has 0 aliphatic carbocycles. The van der Waals surface area contributed by atoms with Gasteiger partial charge in [0.05, 0.1) is 0 Å². The smallest absolute Gasteiger partial charge is 0.120 e. The summed E-state index contributed by atoms with van der Waals surface area (Å²) in [7, 11) is 0. The number of rotatable bonds is 2. The monoisotopic (exact) mass is 211 g/mol. The number of benzene rings is 1. The highest BCUT2D eigenvalue weighted by molar-refractivity contribution is 6.30. The molecular weight excluding hydrogens is 198 g/mol. The molecule has 76 valence electrons. The van der Waals surface area contributed by atoms with Crippen LogP contribution in [0.5, 0.6) is 5.75 Å². The maximum Gasteiger partial charge on any atom is 0.120 e. The highest BCUT2D eigenvalue weighted by Gasteiger charge is 2.13. The summed E-state index contributed by atoms with van der Waals surface area (Å²) < 4.78 is 0. The minimum atomic E-state index is 0.348. The van der Waals surface area contributed by atoms with Crippen molar-refractivity contribution in [1.82, 2.24) is 4.90 Å². The van der Waals surface area contributed by atoms with Gasteiger partial charge in [-0.05, 0) is 44.1 Å². The summed E-state index contributed by atoms with van der Waals surface area (Å²) >= 11 is 5.87. The fraction of sp³-hybridized carbons (Fsp3) is 0.455. The van der Waals surface area contributed by atoms with Gasteiger partial charge in [-0.25, -0.2) is 0 Å². The first kappa shape index (κ1) is 9.81. The summed E-state index contributed by atoms with van der Waals surface area (Å²) in [5.74, 6) is 0.348. The van der Waals surface area contributed by atoms with Crippen molar-refractivity contribution in [1.29, 1.82) is 0 Å². The Morgan fingerprint density at radius 3 is 2.71 bits per heavy atom. The Morgan fingerprint density at radius 2 is 2.00 bits per heavy atom. The second kappa shape index (κ2) is 4.20. The first-order chi connectivity index (χ1) is 6.75. The molecule has 0 radical (unpaired) electrons. The molecule has 2 nitrogen and oxygen atoms in total. The maximum absolute atomic E-state index is 9.61. The van der Waals surface area contributed by atoms with Crippen LogP contribution in [-0.2, 0) is 6.54 Å². The lowest BCUT2D eigenvalue weighted by atomic mass is 10.2. The van der Waals surface area contributed by atoms with E-state index in [0.29, 0.717) is 10.8 Å². The number of phenolic OH excluding ortho intramolecular Hbond substituents is 1. The van der Waals surface area contributed by atoms with Crippen LogP contribution in [-0.4, -0.2) is 23.1 Å². The molecule has 0 atom stereocenters. The van der Waals surface area contributed by atoms with Gasteiger partial charge in [0.1, 0.15) is 5.75 Å². The third kappa shape index (κ3) is 2.20. The molecule has 1 fully saturated rings. The van der Waals surface area contributed by atoms with Crippen molar-refractivity contribution >= 4 is 11.6 Å². The molecule has 1 aromatic rings. The fourth-order valence-electron chi connectivity index (χ4n) is 1.86. The van der Waals surface area contributed by atoms with Crippen LogP contribution in [0.1, 0.15) is 18.4 Å². The van der Waals surface area contributed by atoms with E-state index in [4.69, 9.17) is 11.6 Å². The van der Waals surface area contributed by atoms with E-state index in [1.165, 1.54) is 12.8 Å². The van der Waals surface area contributed by atoms with Gasteiger partial charge in [-0.3, -0.25) is 4.90 Å². The van der Waals surface area contributed by atoms with E-state index in [0.717, 1.165) is 25.2 Å². The number of likely N-dealkylation sites (tertiary alicyclic amines) is 1. The van der Waals surface area contributed by atoms with Crippen LogP contribution < -0.4 is 0 Å². The number of phenols is 1. The predicted molar refractivity (Wildman–Crippen MR) is 57.6 cm³/mol. The Bertz CT molecular complexity index is 321. The minimum absolute atomic E-state index is 0.348. The molecule has 1 saturated heterocycles. The van der Waals surface area contributed by atoms with Gasteiger partial charge in [-0.15, -0.1) is 0 Å². The van der Waals surface area contributed by atoms with Gasteiger partial charge < -0.3 is 5.11 Å². The van der Waals surface area contributed by atoms with E-state index in [-0.39, 0.29) is 0 Å². The second-order valence-electron chi connectivity index (χ2n) is 3.76. The predicted octanol–water partition coefficient (Wildman–Crippen LogP) is 2.64. The zero-order valence-electron chi connectivity index (χ0n) is 8.04. The lowest BCUT2D eigenvalue weighted by molar-refractivity contribution is 0.324. The SMILES string of the molecule is Oc1ccc(Cl)cc1CN1CCCC1. The molecule has 0 unspecified atom stereocenters. The van der Waals surface area contributed by atoms with Crippen molar-refractivity contribution in [3.63, 3.8) is 0 Å². The van der Waals surface area contributed by atoms with Gasteiger partial charge in [0, 0.05) is 17.1 Å². The van der Waals surface area contributed by atoms with Crippen LogP contribution >= 0.6 is 11.6 Å². The number of hydrogen-bond acceptors (Lipinski definition) is 2. The van der Waals surface area contributed by atoms with Crippen LogP contribution in [0.4, 0.5) is 0 Å². The van der Waals surface area contributed by atoms with Crippen molar-refractivity contribution in [2.45, 2.75) is 19.4 Å². The van der Waals surface area contributed by atoms with Gasteiger partial charge in [0.25, 0.3) is 0 Å². The van der Waals surface area contributed by atoms with Crippen molar-refractivity contribution in [3.8, 4) is 5.75 Å². The molecule has 3 heteroatoms. The molecule has 0 bridgehead atoms. The highest BCUT2D eigenvalue weighted by atomic mass is 35.5. The normalized spacial score (nSPS) is 17.5. The molecule has 0 amide bonds. The molecular formula is C11H14ClNO. The van der Waals surface area contributed by atoms with Crippen LogP contribution in [0, 0.1) is 0 Å².